The molecule has 27 heavy (non-hydrogen) atoms. The Labute approximate surface area is 176 Å². The van der Waals surface area contributed by atoms with Gasteiger partial charge in [0.2, 0.25) is 5.91 Å². The number of pyridine rings is 1. The molecule has 9 heteroatoms. The summed E-state index contributed by atoms with van der Waals surface area (Å²) in [6.07, 6.45) is 5.29. The number of halogens is 1. The zero-order chi connectivity index (χ0) is 18.4. The average molecular weight is 485 g/mol. The van der Waals surface area contributed by atoms with Crippen LogP contribution in [-0.2, 0) is 11.2 Å². The van der Waals surface area contributed by atoms with Gasteiger partial charge in [-0.2, -0.15) is 0 Å². The molecule has 1 unspecified atom stereocenters. The Morgan fingerprint density at radius 3 is 3.00 bits per heavy atom. The van der Waals surface area contributed by atoms with Gasteiger partial charge in [-0.3, -0.25) is 14.2 Å². The molecule has 2 aromatic rings. The lowest BCUT2D eigenvalue weighted by Crippen LogP contribution is -2.45. The number of carbonyl (C=O) groups is 1. The highest BCUT2D eigenvalue weighted by atomic mass is 127. The molecule has 1 amide bonds. The number of aromatic nitrogens is 3. The van der Waals surface area contributed by atoms with E-state index in [9.17, 15) is 4.79 Å². The molecule has 3 rings (SSSR count). The second-order valence-electron chi connectivity index (χ2n) is 6.47. The van der Waals surface area contributed by atoms with Crippen molar-refractivity contribution in [3.05, 3.63) is 30.2 Å². The fourth-order valence-corrected chi connectivity index (χ4v) is 3.23. The van der Waals surface area contributed by atoms with Gasteiger partial charge in [0, 0.05) is 51.8 Å². The van der Waals surface area contributed by atoms with E-state index >= 15 is 0 Å². The van der Waals surface area contributed by atoms with E-state index in [1.54, 1.807) is 7.05 Å². The van der Waals surface area contributed by atoms with E-state index < -0.39 is 0 Å². The average Bonchev–Trinajstić information content (AvgIpc) is 3.30. The molecule has 0 bridgehead atoms. The van der Waals surface area contributed by atoms with Crippen molar-refractivity contribution >= 4 is 41.5 Å². The van der Waals surface area contributed by atoms with Gasteiger partial charge in [0.15, 0.2) is 11.6 Å². The minimum absolute atomic E-state index is 0. The Kier molecular flexibility index (Phi) is 8.26. The lowest BCUT2D eigenvalue weighted by atomic mass is 10.2. The Bertz CT molecular complexity index is 776. The summed E-state index contributed by atoms with van der Waals surface area (Å²) in [5, 5.41) is 15.2. The predicted octanol–water partition coefficient (Wildman–Crippen LogP) is 1.46. The van der Waals surface area contributed by atoms with Crippen LogP contribution in [0.3, 0.4) is 0 Å². The van der Waals surface area contributed by atoms with Gasteiger partial charge in [-0.1, -0.05) is 13.0 Å². The van der Waals surface area contributed by atoms with Crippen LogP contribution in [0.5, 0.6) is 0 Å². The van der Waals surface area contributed by atoms with E-state index in [4.69, 9.17) is 0 Å². The number of fused-ring (bicyclic) bond motifs is 1. The summed E-state index contributed by atoms with van der Waals surface area (Å²) in [5.74, 6) is 1.97. The van der Waals surface area contributed by atoms with Gasteiger partial charge in [-0.25, -0.2) is 0 Å². The van der Waals surface area contributed by atoms with Crippen molar-refractivity contribution in [3.8, 4) is 0 Å². The third-order valence-electron chi connectivity index (χ3n) is 4.66. The normalized spacial score (nSPS) is 17.0. The summed E-state index contributed by atoms with van der Waals surface area (Å²) in [5.41, 5.74) is 0.875. The molecule has 2 aromatic heterocycles. The molecular weight excluding hydrogens is 457 g/mol. The van der Waals surface area contributed by atoms with Crippen molar-refractivity contribution in [3.63, 3.8) is 0 Å². The summed E-state index contributed by atoms with van der Waals surface area (Å²) < 4.78 is 2.02. The van der Waals surface area contributed by atoms with Gasteiger partial charge in [-0.05, 0) is 25.0 Å². The lowest BCUT2D eigenvalue weighted by Gasteiger charge is -2.18. The van der Waals surface area contributed by atoms with Crippen molar-refractivity contribution in [2.75, 3.05) is 26.7 Å². The van der Waals surface area contributed by atoms with Crippen LogP contribution in [0, 0.1) is 0 Å². The summed E-state index contributed by atoms with van der Waals surface area (Å²) in [4.78, 5) is 18.0. The fourth-order valence-electron chi connectivity index (χ4n) is 3.23. The van der Waals surface area contributed by atoms with Crippen LogP contribution in [0.25, 0.3) is 5.65 Å². The number of likely N-dealkylation sites (tertiary alicyclic amines) is 1. The summed E-state index contributed by atoms with van der Waals surface area (Å²) >= 11 is 0. The molecule has 1 atom stereocenters. The topological polar surface area (TPSA) is 86.9 Å². The SMILES string of the molecule is CCC(=O)N1CCC(NC(=NC)NCCCc2nnc3ccccn23)C1.I. The quantitative estimate of drug-likeness (QED) is 0.280. The number of carbonyl (C=O) groups excluding carboxylic acids is 1. The maximum Gasteiger partial charge on any atom is 0.222 e. The summed E-state index contributed by atoms with van der Waals surface area (Å²) in [7, 11) is 1.77. The van der Waals surface area contributed by atoms with Gasteiger partial charge in [0.05, 0.1) is 0 Å². The van der Waals surface area contributed by atoms with Crippen molar-refractivity contribution in [1.82, 2.24) is 30.1 Å². The van der Waals surface area contributed by atoms with Gasteiger partial charge in [-0.15, -0.1) is 34.2 Å². The number of nitrogens with zero attached hydrogens (tertiary/aromatic N) is 5. The molecule has 148 valence electrons. The Balaban J connectivity index is 0.00000261. The molecule has 1 aliphatic rings. The van der Waals surface area contributed by atoms with Crippen LogP contribution in [0.2, 0.25) is 0 Å². The van der Waals surface area contributed by atoms with Crippen LogP contribution in [0.4, 0.5) is 0 Å². The predicted molar refractivity (Wildman–Crippen MR) is 116 cm³/mol. The van der Waals surface area contributed by atoms with E-state index in [-0.39, 0.29) is 35.9 Å². The van der Waals surface area contributed by atoms with E-state index in [1.807, 2.05) is 40.6 Å². The monoisotopic (exact) mass is 485 g/mol. The smallest absolute Gasteiger partial charge is 0.222 e. The molecule has 1 saturated heterocycles. The number of aliphatic imine (C=N–C) groups is 1. The van der Waals surface area contributed by atoms with Crippen LogP contribution in [0.15, 0.2) is 29.4 Å². The molecule has 0 aromatic carbocycles. The number of aryl methyl sites for hydroxylation is 1. The largest absolute Gasteiger partial charge is 0.356 e. The van der Waals surface area contributed by atoms with E-state index in [0.29, 0.717) is 6.42 Å². The van der Waals surface area contributed by atoms with Crippen LogP contribution in [0.1, 0.15) is 32.0 Å². The number of hydrogen-bond acceptors (Lipinski definition) is 4. The third kappa shape index (κ3) is 5.53. The zero-order valence-electron chi connectivity index (χ0n) is 15.9. The number of rotatable bonds is 6. The number of hydrogen-bond donors (Lipinski definition) is 2. The van der Waals surface area contributed by atoms with Gasteiger partial charge in [0.1, 0.15) is 5.82 Å². The van der Waals surface area contributed by atoms with Crippen molar-refractivity contribution in [1.29, 1.82) is 0 Å². The Morgan fingerprint density at radius 2 is 2.22 bits per heavy atom. The highest BCUT2D eigenvalue weighted by molar-refractivity contribution is 14.0. The van der Waals surface area contributed by atoms with E-state index in [0.717, 1.165) is 56.3 Å². The molecule has 8 nitrogen and oxygen atoms in total. The van der Waals surface area contributed by atoms with Crippen LogP contribution >= 0.6 is 24.0 Å². The van der Waals surface area contributed by atoms with Gasteiger partial charge >= 0.3 is 0 Å². The molecule has 0 saturated carbocycles. The van der Waals surface area contributed by atoms with Crippen molar-refractivity contribution < 1.29 is 4.79 Å². The van der Waals surface area contributed by atoms with E-state index in [2.05, 4.69) is 25.8 Å². The van der Waals surface area contributed by atoms with Crippen LogP contribution in [-0.4, -0.2) is 64.1 Å². The molecule has 2 N–H and O–H groups in total. The van der Waals surface area contributed by atoms with E-state index in [1.165, 1.54) is 0 Å². The molecule has 0 aliphatic carbocycles. The second-order valence-corrected chi connectivity index (χ2v) is 6.47. The standard InChI is InChI=1S/C18H27N7O.HI/c1-3-17(26)24-12-9-14(13-24)21-18(19-2)20-10-6-8-16-23-22-15-7-4-5-11-25(15)16;/h4-5,7,11,14H,3,6,8-10,12-13H2,1-2H3,(H2,19,20,21);1H. The first-order valence-corrected chi connectivity index (χ1v) is 9.25. The number of guanidine groups is 1. The highest BCUT2D eigenvalue weighted by Crippen LogP contribution is 2.10. The molecule has 1 fully saturated rings. The molecule has 0 spiro atoms. The number of amides is 1. The third-order valence-corrected chi connectivity index (χ3v) is 4.66. The first-order chi connectivity index (χ1) is 12.7. The Hall–Kier alpha value is -1.91. The van der Waals surface area contributed by atoms with Crippen LogP contribution < -0.4 is 10.6 Å². The van der Waals surface area contributed by atoms with Gasteiger partial charge in [0.25, 0.3) is 0 Å². The van der Waals surface area contributed by atoms with Gasteiger partial charge < -0.3 is 15.5 Å². The van der Waals surface area contributed by atoms with Crippen molar-refractivity contribution in [2.24, 2.45) is 4.99 Å². The zero-order valence-corrected chi connectivity index (χ0v) is 18.2. The molecule has 0 radical (unpaired) electrons. The molecule has 3 heterocycles. The summed E-state index contributed by atoms with van der Waals surface area (Å²) in [6.45, 7) is 4.27. The lowest BCUT2D eigenvalue weighted by molar-refractivity contribution is -0.129. The highest BCUT2D eigenvalue weighted by Gasteiger charge is 2.25. The Morgan fingerprint density at radius 1 is 1.37 bits per heavy atom. The minimum Gasteiger partial charge on any atom is -0.356 e. The molecular formula is C18H28IN7O. The maximum absolute atomic E-state index is 11.8. The minimum atomic E-state index is 0. The molecule has 1 aliphatic heterocycles. The summed E-state index contributed by atoms with van der Waals surface area (Å²) in [6, 6.07) is 6.16. The second kappa shape index (κ2) is 10.4. The van der Waals surface area contributed by atoms with Crippen molar-refractivity contribution in [2.45, 2.75) is 38.6 Å². The first-order valence-electron chi connectivity index (χ1n) is 9.25. The first kappa shape index (κ1) is 21.4. The maximum atomic E-state index is 11.8. The number of nitrogens with one attached hydrogen (secondary N) is 2. The fraction of sp³-hybridized carbons (Fsp3) is 0.556.